The van der Waals surface area contributed by atoms with E-state index in [1.54, 1.807) is 0 Å². The average Bonchev–Trinajstić information content (AvgIpc) is 3.73. The molecule has 2 heterocycles. The maximum Gasteiger partial charge on any atom is 0.0619 e. The number of thiol groups is 1. The zero-order valence-electron chi connectivity index (χ0n) is 28.7. The van der Waals surface area contributed by atoms with Gasteiger partial charge in [-0.2, -0.15) is 0 Å². The van der Waals surface area contributed by atoms with Crippen LogP contribution in [0.15, 0.2) is 185 Å². The van der Waals surface area contributed by atoms with Crippen molar-refractivity contribution < 1.29 is 0 Å². The van der Waals surface area contributed by atoms with Crippen molar-refractivity contribution >= 4 is 136 Å². The Kier molecular flexibility index (Phi) is 12.1. The maximum atomic E-state index is 4.81. The normalized spacial score (nSPS) is 10.9. The molecule has 9 heteroatoms. The molecular weight excluding hydrogens is 812 g/mol. The van der Waals surface area contributed by atoms with Crippen molar-refractivity contribution in [2.75, 3.05) is 0 Å². The Hall–Kier alpha value is -4.56. The molecule has 3 nitrogen and oxygen atoms in total. The minimum absolute atomic E-state index is 0.750. The number of nitrogens with zero attached hydrogens (tertiary/aromatic N) is 3. The molecule has 0 spiro atoms. The summed E-state index contributed by atoms with van der Waals surface area (Å²) in [6.07, 6.45) is 0. The van der Waals surface area contributed by atoms with Crippen LogP contribution in [0.3, 0.4) is 0 Å². The predicted molar refractivity (Wildman–Crippen MR) is 243 cm³/mol. The SMILES string of the molecule is Brc1cc2c3ccccc3n(-c3ccccc3)c2c2ccccc12.ClC(Cl)Cl.[B]=NS.c1ccc(-n2c3ccccc3c3ccc4ccccc4c32)cc1. The maximum absolute atomic E-state index is 4.81. The van der Waals surface area contributed by atoms with E-state index in [-0.39, 0.29) is 0 Å². The molecular formula is C45H31BBrCl3N3S. The molecule has 0 bridgehead atoms. The van der Waals surface area contributed by atoms with E-state index in [9.17, 15) is 0 Å². The van der Waals surface area contributed by atoms with Gasteiger partial charge in [-0.25, -0.2) is 0 Å². The van der Waals surface area contributed by atoms with Crippen molar-refractivity contribution in [1.82, 2.24) is 9.13 Å². The molecule has 0 atom stereocenters. The molecule has 54 heavy (non-hydrogen) atoms. The van der Waals surface area contributed by atoms with Crippen LogP contribution in [0.4, 0.5) is 0 Å². The number of fused-ring (bicyclic) bond motifs is 10. The van der Waals surface area contributed by atoms with Crippen LogP contribution in [0, 0.1) is 0 Å². The van der Waals surface area contributed by atoms with Gasteiger partial charge in [0.25, 0.3) is 0 Å². The first kappa shape index (κ1) is 37.7. The molecule has 0 saturated heterocycles. The van der Waals surface area contributed by atoms with Gasteiger partial charge in [-0.3, -0.25) is 0 Å². The van der Waals surface area contributed by atoms with Crippen LogP contribution in [-0.2, 0) is 0 Å². The molecule has 10 aromatic rings. The van der Waals surface area contributed by atoms with Crippen LogP contribution in [0.1, 0.15) is 0 Å². The first-order valence-electron chi connectivity index (χ1n) is 17.0. The van der Waals surface area contributed by atoms with Crippen molar-refractivity contribution in [2.45, 2.75) is 4.30 Å². The third kappa shape index (κ3) is 7.55. The Balaban J connectivity index is 0.000000143. The zero-order valence-corrected chi connectivity index (χ0v) is 33.4. The summed E-state index contributed by atoms with van der Waals surface area (Å²) in [5, 5.41) is 10.3. The van der Waals surface area contributed by atoms with Crippen molar-refractivity contribution in [2.24, 2.45) is 4.30 Å². The summed E-state index contributed by atoms with van der Waals surface area (Å²) in [7, 11) is 4.34. The molecule has 10 rings (SSSR count). The monoisotopic (exact) mass is 840 g/mol. The standard InChI is InChI=1S/C22H14BrN.C22H15N.CHCl3.BHNS/c23-20-14-19-17-11-6-7-13-21(17)24(15-8-2-1-3-9-15)22(19)18-12-5-4-10-16(18)20;1-2-9-17(10-3-1)23-21-13-7-6-12-19(21)20-15-14-16-8-4-5-11-18(16)22(20)23;2-1(3)4;1-2-3/h1-14H;1-15H;1H;3H. The number of hydrogen-bond donors (Lipinski definition) is 1. The molecule has 263 valence electrons. The number of benzene rings is 8. The first-order chi connectivity index (χ1) is 26.4. The van der Waals surface area contributed by atoms with Gasteiger partial charge in [0.2, 0.25) is 0 Å². The molecule has 0 saturated carbocycles. The van der Waals surface area contributed by atoms with E-state index in [1.165, 1.54) is 76.5 Å². The van der Waals surface area contributed by atoms with Gasteiger partial charge < -0.3 is 9.13 Å². The number of para-hydroxylation sites is 4. The van der Waals surface area contributed by atoms with Gasteiger partial charge in [0.15, 0.2) is 4.30 Å². The van der Waals surface area contributed by atoms with Gasteiger partial charge in [-0.1, -0.05) is 184 Å². The third-order valence-corrected chi connectivity index (χ3v) is 9.87. The fourth-order valence-electron chi connectivity index (χ4n) is 7.20. The summed E-state index contributed by atoms with van der Waals surface area (Å²) in [6.45, 7) is 0. The summed E-state index contributed by atoms with van der Waals surface area (Å²) >= 11 is 21.4. The minimum atomic E-state index is -0.750. The quantitative estimate of drug-likeness (QED) is 0.102. The molecule has 0 fully saturated rings. The zero-order chi connectivity index (χ0) is 37.6. The Bertz CT molecular complexity index is 2870. The number of aromatic nitrogens is 2. The van der Waals surface area contributed by atoms with Crippen molar-refractivity contribution in [3.05, 3.63) is 180 Å². The molecule has 0 aliphatic heterocycles. The largest absolute Gasteiger partial charge is 0.309 e. The van der Waals surface area contributed by atoms with Gasteiger partial charge in [0.1, 0.15) is 0 Å². The van der Waals surface area contributed by atoms with E-state index in [0.29, 0.717) is 0 Å². The summed E-state index contributed by atoms with van der Waals surface area (Å²) < 4.78 is 7.84. The molecule has 0 amide bonds. The van der Waals surface area contributed by atoms with Crippen LogP contribution in [0.5, 0.6) is 0 Å². The third-order valence-electron chi connectivity index (χ3n) is 9.21. The Labute approximate surface area is 343 Å². The van der Waals surface area contributed by atoms with Crippen LogP contribution in [0.25, 0.3) is 76.5 Å². The predicted octanol–water partition coefficient (Wildman–Crippen LogP) is 14.8. The van der Waals surface area contributed by atoms with Crippen molar-refractivity contribution in [3.8, 4) is 11.4 Å². The topological polar surface area (TPSA) is 22.2 Å². The minimum Gasteiger partial charge on any atom is -0.309 e. The van der Waals surface area contributed by atoms with Crippen LogP contribution in [0.2, 0.25) is 0 Å². The van der Waals surface area contributed by atoms with Gasteiger partial charge in [-0.05, 0) is 53.2 Å². The van der Waals surface area contributed by atoms with E-state index >= 15 is 0 Å². The summed E-state index contributed by atoms with van der Waals surface area (Å²) in [6, 6.07) is 62.4. The van der Waals surface area contributed by atoms with Crippen molar-refractivity contribution in [1.29, 1.82) is 0 Å². The fourth-order valence-corrected chi connectivity index (χ4v) is 7.77. The molecule has 1 radical (unpaired) electrons. The summed E-state index contributed by atoms with van der Waals surface area (Å²) in [4.78, 5) is 0. The van der Waals surface area contributed by atoms with Crippen LogP contribution in [-0.4, -0.2) is 21.1 Å². The van der Waals surface area contributed by atoms with Gasteiger partial charge in [-0.15, -0.1) is 0 Å². The Morgan fingerprint density at radius 3 is 1.37 bits per heavy atom. The number of rotatable bonds is 2. The molecule has 0 unspecified atom stereocenters. The Morgan fingerprint density at radius 2 is 0.833 bits per heavy atom. The molecule has 0 N–H and O–H groups in total. The van der Waals surface area contributed by atoms with E-state index in [2.05, 4.69) is 226 Å². The van der Waals surface area contributed by atoms with E-state index in [4.69, 9.17) is 34.8 Å². The molecule has 0 aliphatic carbocycles. The number of alkyl halides is 3. The summed E-state index contributed by atoms with van der Waals surface area (Å²) in [5.41, 5.74) is 7.44. The number of hydrogen-bond acceptors (Lipinski definition) is 2. The van der Waals surface area contributed by atoms with Gasteiger partial charge in [0.05, 0.1) is 22.1 Å². The second-order valence-corrected chi connectivity index (χ2v) is 15.3. The van der Waals surface area contributed by atoms with Gasteiger partial charge >= 0.3 is 24.8 Å². The smallest absolute Gasteiger partial charge is 0.0619 e. The molecule has 2 aromatic heterocycles. The fraction of sp³-hybridized carbons (Fsp3) is 0.0222. The van der Waals surface area contributed by atoms with Crippen molar-refractivity contribution in [3.63, 3.8) is 0 Å². The number of halogens is 4. The average molecular weight is 843 g/mol. The summed E-state index contributed by atoms with van der Waals surface area (Å²) in [5.74, 6) is 0. The first-order valence-corrected chi connectivity index (χ1v) is 19.5. The molecule has 0 aliphatic rings. The molecule has 8 aromatic carbocycles. The van der Waals surface area contributed by atoms with Crippen LogP contribution < -0.4 is 0 Å². The van der Waals surface area contributed by atoms with Crippen LogP contribution >= 0.6 is 63.5 Å². The van der Waals surface area contributed by atoms with E-state index in [0.717, 1.165) is 4.47 Å². The van der Waals surface area contributed by atoms with E-state index in [1.807, 2.05) is 0 Å². The Morgan fingerprint density at radius 1 is 0.463 bits per heavy atom. The second kappa shape index (κ2) is 17.3. The van der Waals surface area contributed by atoms with E-state index < -0.39 is 4.30 Å². The van der Waals surface area contributed by atoms with Gasteiger partial charge in [0, 0.05) is 48.2 Å². The second-order valence-electron chi connectivity index (χ2n) is 12.2.